The minimum absolute atomic E-state index is 0.207. The van der Waals surface area contributed by atoms with Gasteiger partial charge < -0.3 is 21.3 Å². The lowest BCUT2D eigenvalue weighted by Crippen LogP contribution is -2.42. The fraction of sp³-hybridized carbons (Fsp3) is 0.238. The molecule has 4 N–H and O–H groups in total. The number of amides is 4. The molecule has 2 aromatic rings. The molecule has 0 radical (unpaired) electrons. The Hall–Kier alpha value is -3.28. The van der Waals surface area contributed by atoms with E-state index in [2.05, 4.69) is 27.8 Å². The van der Waals surface area contributed by atoms with E-state index in [1.165, 1.54) is 5.56 Å². The van der Waals surface area contributed by atoms with Gasteiger partial charge in [-0.25, -0.2) is 9.59 Å². The first-order chi connectivity index (χ1) is 12.9. The third kappa shape index (κ3) is 3.38. The first-order valence-electron chi connectivity index (χ1n) is 8.94. The van der Waals surface area contributed by atoms with Gasteiger partial charge >= 0.3 is 12.1 Å². The van der Waals surface area contributed by atoms with E-state index >= 15 is 0 Å². The van der Waals surface area contributed by atoms with Crippen molar-refractivity contribution in [3.8, 4) is 0 Å². The van der Waals surface area contributed by atoms with Gasteiger partial charge in [-0.3, -0.25) is 0 Å². The number of benzene rings is 2. The predicted molar refractivity (Wildman–Crippen MR) is 104 cm³/mol. The Labute approximate surface area is 158 Å². The molecule has 1 atom stereocenters. The van der Waals surface area contributed by atoms with E-state index < -0.39 is 5.54 Å². The molecule has 1 unspecified atom stereocenters. The minimum atomic E-state index is -0.453. The summed E-state index contributed by atoms with van der Waals surface area (Å²) in [6.45, 7) is 6.48. The van der Waals surface area contributed by atoms with Gasteiger partial charge in [0.2, 0.25) is 0 Å². The van der Waals surface area contributed by atoms with Gasteiger partial charge in [0, 0.05) is 30.8 Å². The molecule has 6 heteroatoms. The van der Waals surface area contributed by atoms with Crippen molar-refractivity contribution in [3.63, 3.8) is 0 Å². The Balaban J connectivity index is 1.39. The van der Waals surface area contributed by atoms with Crippen molar-refractivity contribution in [1.29, 1.82) is 0 Å². The number of urea groups is 2. The molecule has 0 saturated carbocycles. The first-order valence-corrected chi connectivity index (χ1v) is 8.94. The summed E-state index contributed by atoms with van der Waals surface area (Å²) in [5.74, 6) is 0. The van der Waals surface area contributed by atoms with Crippen LogP contribution in [0.4, 0.5) is 15.3 Å². The monoisotopic (exact) mass is 362 g/mol. The highest BCUT2D eigenvalue weighted by Crippen LogP contribution is 2.37. The van der Waals surface area contributed by atoms with Gasteiger partial charge in [-0.1, -0.05) is 42.5 Å². The molecule has 1 heterocycles. The van der Waals surface area contributed by atoms with Gasteiger partial charge in [0.1, 0.15) is 0 Å². The van der Waals surface area contributed by atoms with Gasteiger partial charge in [0.15, 0.2) is 0 Å². The molecule has 6 nitrogen and oxygen atoms in total. The third-order valence-electron chi connectivity index (χ3n) is 5.22. The van der Waals surface area contributed by atoms with Crippen LogP contribution in [0.5, 0.6) is 0 Å². The molecular formula is C21H22N4O2. The number of nitrogens with one attached hydrogen (secondary N) is 4. The summed E-state index contributed by atoms with van der Waals surface area (Å²) in [7, 11) is 0. The van der Waals surface area contributed by atoms with Crippen molar-refractivity contribution in [2.24, 2.45) is 0 Å². The highest BCUT2D eigenvalue weighted by molar-refractivity contribution is 5.89. The molecule has 4 rings (SSSR count). The second-order valence-corrected chi connectivity index (χ2v) is 7.27. The lowest BCUT2D eigenvalue weighted by atomic mass is 9.94. The molecule has 138 valence electrons. The maximum atomic E-state index is 12.2. The van der Waals surface area contributed by atoms with Crippen molar-refractivity contribution in [2.75, 3.05) is 5.32 Å². The highest BCUT2D eigenvalue weighted by atomic mass is 16.2. The molecule has 1 fully saturated rings. The lowest BCUT2D eigenvalue weighted by Gasteiger charge is -2.22. The van der Waals surface area contributed by atoms with Crippen LogP contribution in [0.2, 0.25) is 0 Å². The van der Waals surface area contributed by atoms with Crippen LogP contribution >= 0.6 is 0 Å². The Bertz CT molecular complexity index is 936. The Morgan fingerprint density at radius 3 is 2.59 bits per heavy atom. The van der Waals surface area contributed by atoms with Crippen LogP contribution in [-0.2, 0) is 19.4 Å². The number of fused-ring (bicyclic) bond motifs is 1. The quantitative estimate of drug-likeness (QED) is 0.677. The fourth-order valence-electron chi connectivity index (χ4n) is 3.70. The summed E-state index contributed by atoms with van der Waals surface area (Å²) >= 11 is 0. The SMILES string of the molecule is C=C1NC(=O)NC12Cc1ccc(NC(=O)NCc3ccc(C)cc3)cc1C2. The lowest BCUT2D eigenvalue weighted by molar-refractivity contribution is 0.244. The number of carbonyl (C=O) groups is 2. The Kier molecular flexibility index (Phi) is 4.11. The molecule has 4 amide bonds. The van der Waals surface area contributed by atoms with Crippen LogP contribution in [0.1, 0.15) is 22.3 Å². The van der Waals surface area contributed by atoms with Crippen molar-refractivity contribution in [2.45, 2.75) is 31.8 Å². The summed E-state index contributed by atoms with van der Waals surface area (Å²) in [5.41, 5.74) is 5.49. The van der Waals surface area contributed by atoms with E-state index in [0.29, 0.717) is 25.1 Å². The van der Waals surface area contributed by atoms with E-state index in [4.69, 9.17) is 0 Å². The van der Waals surface area contributed by atoms with Crippen LogP contribution in [0.15, 0.2) is 54.7 Å². The topological polar surface area (TPSA) is 82.3 Å². The van der Waals surface area contributed by atoms with Gasteiger partial charge in [-0.15, -0.1) is 0 Å². The van der Waals surface area contributed by atoms with Crippen LogP contribution < -0.4 is 21.3 Å². The zero-order valence-corrected chi connectivity index (χ0v) is 15.2. The normalized spacial score (nSPS) is 20.2. The van der Waals surface area contributed by atoms with Crippen LogP contribution in [0, 0.1) is 6.92 Å². The summed E-state index contributed by atoms with van der Waals surface area (Å²) in [6.07, 6.45) is 1.38. The number of anilines is 1. The number of hydrogen-bond acceptors (Lipinski definition) is 2. The molecular weight excluding hydrogens is 340 g/mol. The molecule has 1 spiro atoms. The fourth-order valence-corrected chi connectivity index (χ4v) is 3.70. The minimum Gasteiger partial charge on any atom is -0.334 e. The third-order valence-corrected chi connectivity index (χ3v) is 5.22. The second-order valence-electron chi connectivity index (χ2n) is 7.27. The molecule has 1 aliphatic carbocycles. The Morgan fingerprint density at radius 2 is 1.89 bits per heavy atom. The number of rotatable bonds is 3. The molecule has 1 saturated heterocycles. The average Bonchev–Trinajstić information content (AvgIpc) is 3.12. The van der Waals surface area contributed by atoms with E-state index in [0.717, 1.165) is 22.4 Å². The van der Waals surface area contributed by atoms with Crippen LogP contribution in [0.3, 0.4) is 0 Å². The number of hydrogen-bond donors (Lipinski definition) is 4. The van der Waals surface area contributed by atoms with Gasteiger partial charge in [-0.2, -0.15) is 0 Å². The second kappa shape index (κ2) is 6.46. The van der Waals surface area contributed by atoms with Gasteiger partial charge in [-0.05, 0) is 35.7 Å². The molecule has 2 aliphatic rings. The van der Waals surface area contributed by atoms with E-state index in [-0.39, 0.29) is 12.1 Å². The van der Waals surface area contributed by atoms with Crippen LogP contribution in [0.25, 0.3) is 0 Å². The Morgan fingerprint density at radius 1 is 1.15 bits per heavy atom. The highest BCUT2D eigenvalue weighted by Gasteiger charge is 2.45. The number of aryl methyl sites for hydroxylation is 1. The molecule has 0 aromatic heterocycles. The van der Waals surface area contributed by atoms with Crippen molar-refractivity contribution in [3.05, 3.63) is 77.0 Å². The zero-order chi connectivity index (χ0) is 19.0. The van der Waals surface area contributed by atoms with Crippen LogP contribution in [-0.4, -0.2) is 17.6 Å². The predicted octanol–water partition coefficient (Wildman–Crippen LogP) is 2.98. The summed E-state index contributed by atoms with van der Waals surface area (Å²) in [6, 6.07) is 13.4. The summed E-state index contributed by atoms with van der Waals surface area (Å²) in [4.78, 5) is 23.8. The summed E-state index contributed by atoms with van der Waals surface area (Å²) < 4.78 is 0. The summed E-state index contributed by atoms with van der Waals surface area (Å²) in [5, 5.41) is 11.5. The molecule has 2 aromatic carbocycles. The van der Waals surface area contributed by atoms with Crippen molar-refractivity contribution >= 4 is 17.7 Å². The van der Waals surface area contributed by atoms with Crippen molar-refractivity contribution < 1.29 is 9.59 Å². The van der Waals surface area contributed by atoms with Gasteiger partial charge in [0.05, 0.1) is 5.54 Å². The maximum Gasteiger partial charge on any atom is 0.319 e. The van der Waals surface area contributed by atoms with E-state index in [1.54, 1.807) is 0 Å². The van der Waals surface area contributed by atoms with E-state index in [1.807, 2.05) is 49.4 Å². The smallest absolute Gasteiger partial charge is 0.319 e. The number of carbonyl (C=O) groups excluding carboxylic acids is 2. The zero-order valence-electron chi connectivity index (χ0n) is 15.2. The van der Waals surface area contributed by atoms with Crippen molar-refractivity contribution in [1.82, 2.24) is 16.0 Å². The van der Waals surface area contributed by atoms with Gasteiger partial charge in [0.25, 0.3) is 0 Å². The maximum absolute atomic E-state index is 12.2. The van der Waals surface area contributed by atoms with E-state index in [9.17, 15) is 9.59 Å². The average molecular weight is 362 g/mol. The largest absolute Gasteiger partial charge is 0.334 e. The standard InChI is InChI=1S/C21H22N4O2/c1-13-3-5-15(6-4-13)12-22-19(26)24-18-8-7-16-10-21(11-17(16)9-18)14(2)23-20(27)25-21/h3-9H,2,10-12H2,1H3,(H2,22,24,26)(H2,23,25,27). The molecule has 27 heavy (non-hydrogen) atoms. The molecule has 1 aliphatic heterocycles. The molecule has 0 bridgehead atoms. The first kappa shape index (κ1) is 17.1.